The van der Waals surface area contributed by atoms with Crippen LogP contribution in [0.1, 0.15) is 40.5 Å². The van der Waals surface area contributed by atoms with Crippen molar-refractivity contribution in [3.05, 3.63) is 75.3 Å². The van der Waals surface area contributed by atoms with Gasteiger partial charge in [0.05, 0.1) is 18.3 Å². The van der Waals surface area contributed by atoms with E-state index < -0.39 is 0 Å². The maximum atomic E-state index is 15.2. The maximum Gasteiger partial charge on any atom is 0.268 e. The van der Waals surface area contributed by atoms with Crippen LogP contribution in [0.25, 0.3) is 11.0 Å². The van der Waals surface area contributed by atoms with E-state index in [2.05, 4.69) is 44.1 Å². The molecule has 1 unspecified atom stereocenters. The number of hydrogen-bond acceptors (Lipinski definition) is 9. The SMILES string of the molecule is CN(C)CCc1oncc1Cn1c(=O)c(C#CC2CC2)cc2cnc(Nc3ccc(C4CN(C)CCS4)c(F)c3)nc21. The lowest BCUT2D eigenvalue weighted by atomic mass is 10.1. The molecule has 1 atom stereocenters. The van der Waals surface area contributed by atoms with Gasteiger partial charge in [-0.1, -0.05) is 23.1 Å². The van der Waals surface area contributed by atoms with Crippen LogP contribution in [0.15, 0.2) is 46.0 Å². The van der Waals surface area contributed by atoms with Gasteiger partial charge in [0.15, 0.2) is 0 Å². The molecule has 1 N–H and O–H groups in total. The Morgan fingerprint density at radius 3 is 2.86 bits per heavy atom. The number of likely N-dealkylation sites (N-methyl/N-ethyl adjacent to an activating group) is 2. The van der Waals surface area contributed by atoms with Gasteiger partial charge in [-0.3, -0.25) is 9.36 Å². The van der Waals surface area contributed by atoms with E-state index in [-0.39, 0.29) is 29.1 Å². The Hall–Kier alpha value is -3.72. The van der Waals surface area contributed by atoms with E-state index in [1.54, 1.807) is 34.8 Å². The normalized spacial score (nSPS) is 17.4. The Bertz CT molecular complexity index is 1720. The van der Waals surface area contributed by atoms with Gasteiger partial charge >= 0.3 is 0 Å². The average Bonchev–Trinajstić information content (AvgIpc) is 3.69. The first-order valence-electron chi connectivity index (χ1n) is 14.2. The Morgan fingerprint density at radius 2 is 2.10 bits per heavy atom. The summed E-state index contributed by atoms with van der Waals surface area (Å²) in [6.45, 7) is 2.84. The lowest BCUT2D eigenvalue weighted by molar-refractivity contribution is 0.345. The largest absolute Gasteiger partial charge is 0.361 e. The van der Waals surface area contributed by atoms with Crippen LogP contribution in [-0.2, 0) is 13.0 Å². The molecule has 1 aromatic carbocycles. The van der Waals surface area contributed by atoms with Gasteiger partial charge in [0.2, 0.25) is 5.95 Å². The predicted molar refractivity (Wildman–Crippen MR) is 164 cm³/mol. The third-order valence-corrected chi connectivity index (χ3v) is 8.76. The van der Waals surface area contributed by atoms with Crippen LogP contribution in [0.3, 0.4) is 0 Å². The molecule has 3 aromatic heterocycles. The second kappa shape index (κ2) is 12.3. The van der Waals surface area contributed by atoms with Crippen molar-refractivity contribution >= 4 is 34.4 Å². The number of aromatic nitrogens is 4. The molecular formula is C31H34FN7O2S. The molecule has 6 rings (SSSR count). The molecule has 1 aliphatic heterocycles. The van der Waals surface area contributed by atoms with Crippen LogP contribution < -0.4 is 10.9 Å². The predicted octanol–water partition coefficient (Wildman–Crippen LogP) is 4.30. The van der Waals surface area contributed by atoms with Crippen molar-refractivity contribution in [1.82, 2.24) is 29.5 Å². The van der Waals surface area contributed by atoms with Gasteiger partial charge in [0.1, 0.15) is 17.2 Å². The third kappa shape index (κ3) is 6.51. The number of anilines is 2. The molecule has 42 heavy (non-hydrogen) atoms. The number of fused-ring (bicyclic) bond motifs is 1. The highest BCUT2D eigenvalue weighted by atomic mass is 32.2. The van der Waals surface area contributed by atoms with Gasteiger partial charge in [-0.25, -0.2) is 9.37 Å². The van der Waals surface area contributed by atoms with E-state index in [1.165, 1.54) is 6.07 Å². The highest BCUT2D eigenvalue weighted by molar-refractivity contribution is 7.99. The fourth-order valence-corrected chi connectivity index (χ4v) is 6.37. The minimum Gasteiger partial charge on any atom is -0.361 e. The topological polar surface area (TPSA) is 92.3 Å². The molecule has 11 heteroatoms. The summed E-state index contributed by atoms with van der Waals surface area (Å²) < 4.78 is 22.3. The number of nitrogens with zero attached hydrogens (tertiary/aromatic N) is 6. The number of halogens is 1. The Labute approximate surface area is 248 Å². The minimum atomic E-state index is -0.262. The molecule has 0 spiro atoms. The van der Waals surface area contributed by atoms with E-state index in [0.717, 1.165) is 49.6 Å². The zero-order valence-corrected chi connectivity index (χ0v) is 24.9. The molecule has 2 aliphatic rings. The molecule has 4 aromatic rings. The number of rotatable bonds is 8. The number of nitrogens with one attached hydrogen (secondary N) is 1. The Balaban J connectivity index is 1.33. The zero-order valence-electron chi connectivity index (χ0n) is 24.1. The molecule has 1 aliphatic carbocycles. The first-order chi connectivity index (χ1) is 20.3. The van der Waals surface area contributed by atoms with Gasteiger partial charge < -0.3 is 19.6 Å². The van der Waals surface area contributed by atoms with Gasteiger partial charge in [0.25, 0.3) is 5.56 Å². The van der Waals surface area contributed by atoms with E-state index >= 15 is 4.39 Å². The lowest BCUT2D eigenvalue weighted by Crippen LogP contribution is -2.31. The van der Waals surface area contributed by atoms with Crippen LogP contribution >= 0.6 is 11.8 Å². The first-order valence-corrected chi connectivity index (χ1v) is 15.2. The van der Waals surface area contributed by atoms with Gasteiger partial charge in [-0.2, -0.15) is 16.7 Å². The number of pyridine rings is 1. The quantitative estimate of drug-likeness (QED) is 0.303. The van der Waals surface area contributed by atoms with E-state index in [0.29, 0.717) is 40.2 Å². The highest BCUT2D eigenvalue weighted by Crippen LogP contribution is 2.35. The molecule has 1 saturated carbocycles. The van der Waals surface area contributed by atoms with Crippen molar-refractivity contribution in [2.45, 2.75) is 31.1 Å². The van der Waals surface area contributed by atoms with Gasteiger partial charge in [-0.05, 0) is 52.2 Å². The Kier molecular flexibility index (Phi) is 8.29. The van der Waals surface area contributed by atoms with Crippen molar-refractivity contribution in [2.24, 2.45) is 5.92 Å². The van der Waals surface area contributed by atoms with E-state index in [1.807, 2.05) is 26.2 Å². The second-order valence-electron chi connectivity index (χ2n) is 11.3. The van der Waals surface area contributed by atoms with Crippen LogP contribution in [0, 0.1) is 23.6 Å². The van der Waals surface area contributed by atoms with Crippen molar-refractivity contribution in [1.29, 1.82) is 0 Å². The number of hydrogen-bond donors (Lipinski definition) is 1. The van der Waals surface area contributed by atoms with Crippen molar-refractivity contribution in [2.75, 3.05) is 51.8 Å². The second-order valence-corrected chi connectivity index (χ2v) is 12.6. The Morgan fingerprint density at radius 1 is 1.24 bits per heavy atom. The van der Waals surface area contributed by atoms with Gasteiger partial charge in [-0.15, -0.1) is 0 Å². The van der Waals surface area contributed by atoms with Crippen LogP contribution in [0.5, 0.6) is 0 Å². The number of thioether (sulfide) groups is 1. The summed E-state index contributed by atoms with van der Waals surface area (Å²) in [5.74, 6) is 8.36. The van der Waals surface area contributed by atoms with E-state index in [4.69, 9.17) is 9.51 Å². The molecular weight excluding hydrogens is 553 g/mol. The molecule has 218 valence electrons. The summed E-state index contributed by atoms with van der Waals surface area (Å²) in [5.41, 5.74) is 2.68. The van der Waals surface area contributed by atoms with Crippen molar-refractivity contribution in [3.8, 4) is 11.8 Å². The first kappa shape index (κ1) is 28.4. The summed E-state index contributed by atoms with van der Waals surface area (Å²) in [6, 6.07) is 6.91. The summed E-state index contributed by atoms with van der Waals surface area (Å²) >= 11 is 1.78. The number of benzene rings is 1. The summed E-state index contributed by atoms with van der Waals surface area (Å²) in [4.78, 5) is 27.2. The molecule has 0 radical (unpaired) electrons. The molecule has 1 saturated heterocycles. The van der Waals surface area contributed by atoms with Crippen molar-refractivity contribution in [3.63, 3.8) is 0 Å². The minimum absolute atomic E-state index is 0.0985. The maximum absolute atomic E-state index is 15.2. The van der Waals surface area contributed by atoms with Crippen LogP contribution in [0.4, 0.5) is 16.0 Å². The standard InChI is InChI=1S/C31H34FN7O2S/c1-37(2)11-10-27-23(17-34-41-27)18-39-29-22(14-21(30(39)40)7-6-20-4-5-20)16-33-31(36-29)35-24-8-9-25(26(32)15-24)28-19-38(3)12-13-42-28/h8-9,14-17,20,28H,4-5,10-13,18-19H2,1-3H3,(H,33,35,36). The third-order valence-electron chi connectivity index (χ3n) is 7.53. The average molecular weight is 588 g/mol. The van der Waals surface area contributed by atoms with Gasteiger partial charge in [0, 0.05) is 71.4 Å². The molecule has 0 bridgehead atoms. The fraction of sp³-hybridized carbons (Fsp3) is 0.419. The molecule has 2 fully saturated rings. The molecule has 4 heterocycles. The fourth-order valence-electron chi connectivity index (χ4n) is 4.94. The zero-order chi connectivity index (χ0) is 29.2. The highest BCUT2D eigenvalue weighted by Gasteiger charge is 2.23. The van der Waals surface area contributed by atoms with Crippen LogP contribution in [0.2, 0.25) is 0 Å². The summed E-state index contributed by atoms with van der Waals surface area (Å²) in [7, 11) is 6.05. The molecule has 0 amide bonds. The van der Waals surface area contributed by atoms with Crippen molar-refractivity contribution < 1.29 is 8.91 Å². The summed E-state index contributed by atoms with van der Waals surface area (Å²) in [6.07, 6.45) is 6.12. The molecule has 9 nitrogen and oxygen atoms in total. The lowest BCUT2D eigenvalue weighted by Gasteiger charge is -2.29. The van der Waals surface area contributed by atoms with Crippen LogP contribution in [-0.4, -0.2) is 76.0 Å². The monoisotopic (exact) mass is 587 g/mol. The van der Waals surface area contributed by atoms with E-state index in [9.17, 15) is 4.79 Å². The smallest absolute Gasteiger partial charge is 0.268 e. The summed E-state index contributed by atoms with van der Waals surface area (Å²) in [5, 5.41) is 7.92.